The fraction of sp³-hybridized carbons (Fsp3) is 0.278. The number of carbonyl (C=O) groups is 1. The van der Waals surface area contributed by atoms with Crippen LogP contribution in [0.2, 0.25) is 5.02 Å². The number of hydrogen-bond acceptors (Lipinski definition) is 2. The molecule has 116 valence electrons. The Morgan fingerprint density at radius 3 is 2.68 bits per heavy atom. The van der Waals surface area contributed by atoms with E-state index < -0.39 is 6.10 Å². The third-order valence-electron chi connectivity index (χ3n) is 3.43. The van der Waals surface area contributed by atoms with Gasteiger partial charge < -0.3 is 10.1 Å². The molecule has 0 fully saturated rings. The molecule has 0 bridgehead atoms. The lowest BCUT2D eigenvalue weighted by molar-refractivity contribution is -0.127. The summed E-state index contributed by atoms with van der Waals surface area (Å²) < 4.78 is 5.76. The third kappa shape index (κ3) is 4.25. The maximum atomic E-state index is 12.1. The summed E-state index contributed by atoms with van der Waals surface area (Å²) in [6.45, 7) is 6.08. The van der Waals surface area contributed by atoms with Crippen molar-refractivity contribution in [1.82, 2.24) is 5.32 Å². The second-order valence-electron chi connectivity index (χ2n) is 5.34. The predicted molar refractivity (Wildman–Crippen MR) is 89.3 cm³/mol. The van der Waals surface area contributed by atoms with Gasteiger partial charge in [0.15, 0.2) is 6.10 Å². The van der Waals surface area contributed by atoms with Gasteiger partial charge in [-0.3, -0.25) is 4.79 Å². The number of benzene rings is 2. The number of carbonyl (C=O) groups excluding carboxylic acids is 1. The van der Waals surface area contributed by atoms with Crippen LogP contribution in [0.3, 0.4) is 0 Å². The molecule has 0 radical (unpaired) electrons. The van der Waals surface area contributed by atoms with Crippen LogP contribution in [0.1, 0.15) is 23.6 Å². The monoisotopic (exact) mass is 317 g/mol. The van der Waals surface area contributed by atoms with Gasteiger partial charge in [-0.15, -0.1) is 0 Å². The maximum absolute atomic E-state index is 12.1. The van der Waals surface area contributed by atoms with Gasteiger partial charge in [-0.25, -0.2) is 0 Å². The molecule has 0 saturated heterocycles. The number of ether oxygens (including phenoxy) is 1. The highest BCUT2D eigenvalue weighted by Gasteiger charge is 2.15. The molecule has 0 spiro atoms. The molecule has 22 heavy (non-hydrogen) atoms. The Morgan fingerprint density at radius 2 is 1.95 bits per heavy atom. The summed E-state index contributed by atoms with van der Waals surface area (Å²) in [6, 6.07) is 13.4. The largest absolute Gasteiger partial charge is 0.481 e. The first-order valence-corrected chi connectivity index (χ1v) is 7.60. The highest BCUT2D eigenvalue weighted by atomic mass is 35.5. The van der Waals surface area contributed by atoms with Crippen LogP contribution < -0.4 is 10.1 Å². The lowest BCUT2D eigenvalue weighted by Gasteiger charge is -2.17. The molecule has 2 aromatic carbocycles. The lowest BCUT2D eigenvalue weighted by atomic mass is 10.1. The van der Waals surface area contributed by atoms with Gasteiger partial charge in [0, 0.05) is 11.6 Å². The van der Waals surface area contributed by atoms with E-state index >= 15 is 0 Å². The van der Waals surface area contributed by atoms with Crippen LogP contribution in [0.15, 0.2) is 42.5 Å². The van der Waals surface area contributed by atoms with Gasteiger partial charge >= 0.3 is 0 Å². The number of rotatable bonds is 5. The third-order valence-corrected chi connectivity index (χ3v) is 3.80. The van der Waals surface area contributed by atoms with Crippen LogP contribution >= 0.6 is 11.6 Å². The van der Waals surface area contributed by atoms with E-state index in [0.29, 0.717) is 11.6 Å². The van der Waals surface area contributed by atoms with Crippen molar-refractivity contribution >= 4 is 17.5 Å². The quantitative estimate of drug-likeness (QED) is 0.903. The highest BCUT2D eigenvalue weighted by molar-refractivity contribution is 6.31. The predicted octanol–water partition coefficient (Wildman–Crippen LogP) is 4.04. The standard InChI is InChI=1S/C18H20ClNO2/c1-12-8-9-13(2)17(10-12)22-14(3)18(21)20-11-15-6-4-5-7-16(15)19/h4-10,14H,11H2,1-3H3,(H,20,21)/t14-/m0/s1. The fourth-order valence-electron chi connectivity index (χ4n) is 2.05. The minimum Gasteiger partial charge on any atom is -0.481 e. The number of halogens is 1. The van der Waals surface area contributed by atoms with Gasteiger partial charge in [-0.1, -0.05) is 41.9 Å². The zero-order valence-corrected chi connectivity index (χ0v) is 13.8. The second kappa shape index (κ2) is 7.32. The molecule has 4 heteroatoms. The van der Waals surface area contributed by atoms with Gasteiger partial charge in [-0.2, -0.15) is 0 Å². The summed E-state index contributed by atoms with van der Waals surface area (Å²) in [5, 5.41) is 3.49. The van der Waals surface area contributed by atoms with Crippen molar-refractivity contribution in [3.05, 3.63) is 64.2 Å². The molecule has 0 aliphatic rings. The first-order chi connectivity index (χ1) is 10.5. The topological polar surface area (TPSA) is 38.3 Å². The van der Waals surface area contributed by atoms with Gasteiger partial charge in [0.25, 0.3) is 5.91 Å². The number of nitrogens with one attached hydrogen (secondary N) is 1. The summed E-state index contributed by atoms with van der Waals surface area (Å²) in [5.74, 6) is 0.571. The lowest BCUT2D eigenvalue weighted by Crippen LogP contribution is -2.36. The smallest absolute Gasteiger partial charge is 0.261 e. The van der Waals surface area contributed by atoms with Crippen LogP contribution in [-0.4, -0.2) is 12.0 Å². The average molecular weight is 318 g/mol. The minimum absolute atomic E-state index is 0.166. The van der Waals surface area contributed by atoms with Gasteiger partial charge in [0.2, 0.25) is 0 Å². The molecule has 0 heterocycles. The van der Waals surface area contributed by atoms with Crippen molar-refractivity contribution < 1.29 is 9.53 Å². The summed E-state index contributed by atoms with van der Waals surface area (Å²) >= 11 is 6.07. The molecule has 0 aromatic heterocycles. The van der Waals surface area contributed by atoms with Crippen LogP contribution in [-0.2, 0) is 11.3 Å². The van der Waals surface area contributed by atoms with E-state index in [1.54, 1.807) is 13.0 Å². The van der Waals surface area contributed by atoms with Crippen LogP contribution in [0.4, 0.5) is 0 Å². The van der Waals surface area contributed by atoms with Gasteiger partial charge in [-0.05, 0) is 49.6 Å². The zero-order valence-electron chi connectivity index (χ0n) is 13.0. The van der Waals surface area contributed by atoms with Crippen molar-refractivity contribution in [2.45, 2.75) is 33.4 Å². The Morgan fingerprint density at radius 1 is 1.23 bits per heavy atom. The van der Waals surface area contributed by atoms with E-state index in [2.05, 4.69) is 5.32 Å². The Bertz CT molecular complexity index is 670. The molecule has 0 unspecified atom stereocenters. The van der Waals surface area contributed by atoms with E-state index in [-0.39, 0.29) is 5.91 Å². The van der Waals surface area contributed by atoms with Crippen molar-refractivity contribution in [3.63, 3.8) is 0 Å². The molecule has 0 saturated carbocycles. The minimum atomic E-state index is -0.567. The van der Waals surface area contributed by atoms with E-state index in [9.17, 15) is 4.79 Å². The Hall–Kier alpha value is -2.00. The normalized spacial score (nSPS) is 11.8. The molecule has 0 aliphatic carbocycles. The molecule has 3 nitrogen and oxygen atoms in total. The summed E-state index contributed by atoms with van der Waals surface area (Å²) in [5.41, 5.74) is 3.00. The highest BCUT2D eigenvalue weighted by Crippen LogP contribution is 2.20. The number of hydrogen-bond donors (Lipinski definition) is 1. The first kappa shape index (κ1) is 16.4. The summed E-state index contributed by atoms with van der Waals surface area (Å²) in [4.78, 5) is 12.1. The molecule has 1 N–H and O–H groups in total. The number of aryl methyl sites for hydroxylation is 2. The average Bonchev–Trinajstić information content (AvgIpc) is 2.49. The Labute approximate surface area is 136 Å². The Kier molecular flexibility index (Phi) is 5.45. The molecular weight excluding hydrogens is 298 g/mol. The molecule has 0 aliphatic heterocycles. The maximum Gasteiger partial charge on any atom is 0.261 e. The van der Waals surface area contributed by atoms with E-state index in [4.69, 9.17) is 16.3 Å². The molecule has 1 amide bonds. The van der Waals surface area contributed by atoms with Gasteiger partial charge in [0.05, 0.1) is 0 Å². The van der Waals surface area contributed by atoms with Crippen LogP contribution in [0.5, 0.6) is 5.75 Å². The SMILES string of the molecule is Cc1ccc(C)c(O[C@@H](C)C(=O)NCc2ccccc2Cl)c1. The van der Waals surface area contributed by atoms with Crippen molar-refractivity contribution in [1.29, 1.82) is 0 Å². The summed E-state index contributed by atoms with van der Waals surface area (Å²) in [6.07, 6.45) is -0.567. The molecule has 2 rings (SSSR count). The first-order valence-electron chi connectivity index (χ1n) is 7.22. The van der Waals surface area contributed by atoms with Crippen molar-refractivity contribution in [2.75, 3.05) is 0 Å². The Balaban J connectivity index is 1.95. The molecule has 2 aromatic rings. The molecule has 1 atom stereocenters. The number of amides is 1. The zero-order chi connectivity index (χ0) is 16.1. The summed E-state index contributed by atoms with van der Waals surface area (Å²) in [7, 11) is 0. The van der Waals surface area contributed by atoms with Crippen LogP contribution in [0.25, 0.3) is 0 Å². The van der Waals surface area contributed by atoms with Gasteiger partial charge in [0.1, 0.15) is 5.75 Å². The van der Waals surface area contributed by atoms with Crippen molar-refractivity contribution in [2.24, 2.45) is 0 Å². The van der Waals surface area contributed by atoms with Crippen molar-refractivity contribution in [3.8, 4) is 5.75 Å². The fourth-order valence-corrected chi connectivity index (χ4v) is 2.25. The van der Waals surface area contributed by atoms with E-state index in [0.717, 1.165) is 22.4 Å². The second-order valence-corrected chi connectivity index (χ2v) is 5.75. The molecular formula is C18H20ClNO2. The van der Waals surface area contributed by atoms with Crippen LogP contribution in [0, 0.1) is 13.8 Å². The van der Waals surface area contributed by atoms with E-state index in [1.165, 1.54) is 0 Å². The van der Waals surface area contributed by atoms with E-state index in [1.807, 2.05) is 50.2 Å².